The van der Waals surface area contributed by atoms with Gasteiger partial charge in [0.25, 0.3) is 5.91 Å². The topological polar surface area (TPSA) is 101 Å². The van der Waals surface area contributed by atoms with Gasteiger partial charge in [-0.2, -0.15) is 0 Å². The predicted molar refractivity (Wildman–Crippen MR) is 94.6 cm³/mol. The van der Waals surface area contributed by atoms with E-state index in [4.69, 9.17) is 0 Å². The van der Waals surface area contributed by atoms with Crippen LogP contribution in [0.1, 0.15) is 14.8 Å². The van der Waals surface area contributed by atoms with Crippen LogP contribution in [0.15, 0.2) is 41.3 Å². The van der Waals surface area contributed by atoms with Gasteiger partial charge >= 0.3 is 0 Å². The van der Waals surface area contributed by atoms with Crippen LogP contribution in [0.3, 0.4) is 0 Å². The van der Waals surface area contributed by atoms with Gasteiger partial charge in [-0.1, -0.05) is 11.3 Å². The van der Waals surface area contributed by atoms with Crippen molar-refractivity contribution in [1.82, 2.24) is 14.9 Å². The van der Waals surface area contributed by atoms with Gasteiger partial charge in [0.2, 0.25) is 15.0 Å². The fourth-order valence-electron chi connectivity index (χ4n) is 2.11. The third-order valence-electron chi connectivity index (χ3n) is 3.44. The zero-order chi connectivity index (χ0) is 21.2. The Morgan fingerprint density at radius 3 is 2.28 bits per heavy atom. The van der Waals surface area contributed by atoms with E-state index in [0.717, 1.165) is 24.3 Å². The number of carbonyl (C=O) groups excluding carboxylic acids is 1. The first-order valence-corrected chi connectivity index (χ1v) is 9.99. The third kappa shape index (κ3) is 4.93. The summed E-state index contributed by atoms with van der Waals surface area (Å²) in [6, 6.07) is 4.55. The number of anilines is 1. The number of benzene rings is 2. The van der Waals surface area contributed by atoms with Crippen LogP contribution in [0.2, 0.25) is 0 Å². The molecule has 0 fully saturated rings. The van der Waals surface area contributed by atoms with E-state index in [-0.39, 0.29) is 15.7 Å². The smallest absolute Gasteiger partial charge is 0.286 e. The average molecular weight is 446 g/mol. The summed E-state index contributed by atoms with van der Waals surface area (Å²) < 4.78 is 79.3. The van der Waals surface area contributed by atoms with Crippen LogP contribution in [0.25, 0.3) is 0 Å². The van der Waals surface area contributed by atoms with Crippen LogP contribution in [0, 0.1) is 23.3 Å². The van der Waals surface area contributed by atoms with Crippen molar-refractivity contribution in [2.24, 2.45) is 0 Å². The quantitative estimate of drug-likeness (QED) is 0.567. The molecular formula is C16H10F4N4O3S2. The number of aromatic nitrogens is 2. The Hall–Kier alpha value is -2.90. The summed E-state index contributed by atoms with van der Waals surface area (Å²) in [5, 5.41) is 9.21. The van der Waals surface area contributed by atoms with Crippen LogP contribution < -0.4 is 10.0 Å². The lowest BCUT2D eigenvalue weighted by molar-refractivity contribution is 0.102. The number of hydrogen-bond donors (Lipinski definition) is 2. The van der Waals surface area contributed by atoms with Gasteiger partial charge in [-0.3, -0.25) is 4.79 Å². The Bertz CT molecular complexity index is 1180. The number of amides is 1. The maximum Gasteiger partial charge on any atom is 0.286 e. The summed E-state index contributed by atoms with van der Waals surface area (Å²) in [4.78, 5) is 11.3. The van der Waals surface area contributed by atoms with E-state index in [9.17, 15) is 30.8 Å². The van der Waals surface area contributed by atoms with E-state index < -0.39 is 50.6 Å². The van der Waals surface area contributed by atoms with Crippen molar-refractivity contribution >= 4 is 33.0 Å². The third-order valence-corrected chi connectivity index (χ3v) is 5.79. The number of rotatable bonds is 6. The molecule has 3 aromatic rings. The zero-order valence-corrected chi connectivity index (χ0v) is 15.8. The molecule has 0 aliphatic carbocycles. The Balaban J connectivity index is 1.67. The van der Waals surface area contributed by atoms with E-state index in [0.29, 0.717) is 23.5 Å². The molecule has 152 valence electrons. The summed E-state index contributed by atoms with van der Waals surface area (Å²) >= 11 is 0.700. The largest absolute Gasteiger partial charge is 0.317 e. The van der Waals surface area contributed by atoms with Crippen molar-refractivity contribution in [3.63, 3.8) is 0 Å². The highest BCUT2D eigenvalue weighted by atomic mass is 32.2. The summed E-state index contributed by atoms with van der Waals surface area (Å²) in [7, 11) is -4.31. The Labute approximate surface area is 165 Å². The summed E-state index contributed by atoms with van der Waals surface area (Å²) in [5.74, 6) is -4.84. The van der Waals surface area contributed by atoms with E-state index in [1.807, 2.05) is 0 Å². The number of hydrogen-bond acceptors (Lipinski definition) is 6. The van der Waals surface area contributed by atoms with Crippen molar-refractivity contribution in [2.75, 3.05) is 5.32 Å². The maximum absolute atomic E-state index is 13.7. The standard InChI is InChI=1S/C16H10F4N4O3S2/c17-8-1-3-12(10(19)5-8)22-15(25)16-24-23-14(28-16)7-21-29(26,27)13-4-2-9(18)6-11(13)20/h1-6,21H,7H2,(H,22,25). The fourth-order valence-corrected chi connectivity index (χ4v) is 3.92. The molecule has 0 atom stereocenters. The predicted octanol–water partition coefficient (Wildman–Crippen LogP) is 2.83. The molecule has 0 bridgehead atoms. The van der Waals surface area contributed by atoms with Gasteiger partial charge in [-0.25, -0.2) is 30.7 Å². The lowest BCUT2D eigenvalue weighted by Crippen LogP contribution is -2.24. The highest BCUT2D eigenvalue weighted by molar-refractivity contribution is 7.89. The number of sulfonamides is 1. The monoisotopic (exact) mass is 446 g/mol. The molecule has 0 aliphatic rings. The van der Waals surface area contributed by atoms with Gasteiger partial charge in [0.1, 0.15) is 33.2 Å². The Morgan fingerprint density at radius 2 is 1.62 bits per heavy atom. The van der Waals surface area contributed by atoms with Crippen molar-refractivity contribution < 1.29 is 30.8 Å². The lowest BCUT2D eigenvalue weighted by atomic mass is 10.3. The molecule has 29 heavy (non-hydrogen) atoms. The second kappa shape index (κ2) is 8.23. The molecule has 1 aromatic heterocycles. The lowest BCUT2D eigenvalue weighted by Gasteiger charge is -2.06. The highest BCUT2D eigenvalue weighted by Gasteiger charge is 2.21. The highest BCUT2D eigenvalue weighted by Crippen LogP contribution is 2.19. The molecule has 0 saturated carbocycles. The first-order chi connectivity index (χ1) is 13.7. The Morgan fingerprint density at radius 1 is 0.966 bits per heavy atom. The summed E-state index contributed by atoms with van der Waals surface area (Å²) in [6.45, 7) is -0.422. The Kier molecular flexibility index (Phi) is 5.91. The van der Waals surface area contributed by atoms with Gasteiger partial charge in [0.05, 0.1) is 12.2 Å². The number of nitrogens with one attached hydrogen (secondary N) is 2. The molecule has 2 N–H and O–H groups in total. The second-order valence-corrected chi connectivity index (χ2v) is 8.28. The van der Waals surface area contributed by atoms with Gasteiger partial charge < -0.3 is 5.32 Å². The molecule has 0 radical (unpaired) electrons. The molecule has 0 aliphatic heterocycles. The minimum Gasteiger partial charge on any atom is -0.317 e. The normalized spacial score (nSPS) is 11.4. The van der Waals surface area contributed by atoms with Gasteiger partial charge in [0.15, 0.2) is 0 Å². The minimum atomic E-state index is -4.31. The number of halogens is 4. The van der Waals surface area contributed by atoms with Crippen LogP contribution in [0.4, 0.5) is 23.2 Å². The summed E-state index contributed by atoms with van der Waals surface area (Å²) in [5.41, 5.74) is -0.277. The van der Waals surface area contributed by atoms with Crippen LogP contribution in [0.5, 0.6) is 0 Å². The molecule has 3 rings (SSSR count). The molecule has 7 nitrogen and oxygen atoms in total. The maximum atomic E-state index is 13.7. The molecule has 13 heteroatoms. The van der Waals surface area contributed by atoms with E-state index >= 15 is 0 Å². The van der Waals surface area contributed by atoms with E-state index in [1.54, 1.807) is 0 Å². The van der Waals surface area contributed by atoms with Gasteiger partial charge in [0, 0.05) is 12.1 Å². The van der Waals surface area contributed by atoms with E-state index in [2.05, 4.69) is 20.2 Å². The SMILES string of the molecule is O=C(Nc1ccc(F)cc1F)c1nnc(CNS(=O)(=O)c2ccc(F)cc2F)s1. The molecule has 1 amide bonds. The molecule has 0 spiro atoms. The molecule has 1 heterocycles. The van der Waals surface area contributed by atoms with Gasteiger partial charge in [-0.05, 0) is 24.3 Å². The summed E-state index contributed by atoms with van der Waals surface area (Å²) in [6.07, 6.45) is 0. The first-order valence-electron chi connectivity index (χ1n) is 7.69. The van der Waals surface area contributed by atoms with Crippen molar-refractivity contribution in [2.45, 2.75) is 11.4 Å². The minimum absolute atomic E-state index is 0.0563. The van der Waals surface area contributed by atoms with Crippen molar-refractivity contribution in [3.05, 3.63) is 69.7 Å². The van der Waals surface area contributed by atoms with E-state index in [1.165, 1.54) is 0 Å². The molecule has 2 aromatic carbocycles. The van der Waals surface area contributed by atoms with Gasteiger partial charge in [-0.15, -0.1) is 10.2 Å². The average Bonchev–Trinajstić information content (AvgIpc) is 3.11. The van der Waals surface area contributed by atoms with Crippen molar-refractivity contribution in [3.8, 4) is 0 Å². The number of nitrogens with zero attached hydrogens (tertiary/aromatic N) is 2. The fraction of sp³-hybridized carbons (Fsp3) is 0.0625. The van der Waals surface area contributed by atoms with Crippen LogP contribution in [-0.4, -0.2) is 24.5 Å². The molecule has 0 saturated heterocycles. The second-order valence-electron chi connectivity index (χ2n) is 5.48. The number of carbonyl (C=O) groups is 1. The first kappa shape index (κ1) is 20.8. The zero-order valence-electron chi connectivity index (χ0n) is 14.1. The van der Waals surface area contributed by atoms with Crippen LogP contribution >= 0.6 is 11.3 Å². The molecule has 0 unspecified atom stereocenters. The van der Waals surface area contributed by atoms with Crippen molar-refractivity contribution in [1.29, 1.82) is 0 Å². The molecular weight excluding hydrogens is 436 g/mol. The van der Waals surface area contributed by atoms with Crippen LogP contribution in [-0.2, 0) is 16.6 Å².